The zero-order valence-corrected chi connectivity index (χ0v) is 16.9. The Balaban J connectivity index is 1.69. The maximum absolute atomic E-state index is 14.7. The van der Waals surface area contributed by atoms with Crippen LogP contribution < -0.4 is 9.64 Å². The molecule has 0 spiro atoms. The molecule has 1 aromatic carbocycles. The largest absolute Gasteiger partial charge is 0.477 e. The molecule has 8 heteroatoms. The first kappa shape index (κ1) is 20.5. The molecular formula is C20H24F2N2O3S. The van der Waals surface area contributed by atoms with Crippen LogP contribution in [-0.4, -0.2) is 37.3 Å². The van der Waals surface area contributed by atoms with Gasteiger partial charge in [-0.15, -0.1) is 11.3 Å². The average molecular weight is 410 g/mol. The number of anilines is 1. The first-order valence-electron chi connectivity index (χ1n) is 9.50. The Morgan fingerprint density at radius 1 is 1.21 bits per heavy atom. The van der Waals surface area contributed by atoms with E-state index in [4.69, 9.17) is 9.47 Å². The highest BCUT2D eigenvalue weighted by Gasteiger charge is 2.26. The van der Waals surface area contributed by atoms with E-state index in [0.717, 1.165) is 0 Å². The highest BCUT2D eigenvalue weighted by molar-refractivity contribution is 7.13. The van der Waals surface area contributed by atoms with Crippen LogP contribution in [0.1, 0.15) is 33.1 Å². The molecule has 152 valence electrons. The summed E-state index contributed by atoms with van der Waals surface area (Å²) in [5.74, 6) is -0.777. The molecule has 2 heterocycles. The van der Waals surface area contributed by atoms with Crippen LogP contribution in [0.5, 0.6) is 5.88 Å². The fourth-order valence-corrected chi connectivity index (χ4v) is 4.14. The lowest BCUT2D eigenvalue weighted by Gasteiger charge is -2.33. The Morgan fingerprint density at radius 3 is 2.50 bits per heavy atom. The molecule has 0 N–H and O–H groups in total. The lowest BCUT2D eigenvalue weighted by molar-refractivity contribution is -0.144. The van der Waals surface area contributed by atoms with Gasteiger partial charge in [-0.2, -0.15) is 0 Å². The number of nitrogens with zero attached hydrogens (tertiary/aromatic N) is 2. The summed E-state index contributed by atoms with van der Waals surface area (Å²) in [6.45, 7) is 5.48. The topological polar surface area (TPSA) is 51.7 Å². The van der Waals surface area contributed by atoms with Crippen LogP contribution in [0, 0.1) is 17.6 Å². The van der Waals surface area contributed by atoms with Crippen molar-refractivity contribution in [2.24, 2.45) is 5.92 Å². The summed E-state index contributed by atoms with van der Waals surface area (Å²) < 4.78 is 39.8. The number of aromatic nitrogens is 1. The van der Waals surface area contributed by atoms with E-state index < -0.39 is 11.6 Å². The lowest BCUT2D eigenvalue weighted by Crippen LogP contribution is -2.35. The second-order valence-electron chi connectivity index (χ2n) is 6.65. The summed E-state index contributed by atoms with van der Waals surface area (Å²) in [6.07, 6.45) is 1.76. The molecule has 0 bridgehead atoms. The van der Waals surface area contributed by atoms with Gasteiger partial charge in [0.25, 0.3) is 0 Å². The summed E-state index contributed by atoms with van der Waals surface area (Å²) in [5, 5.41) is 2.23. The van der Waals surface area contributed by atoms with E-state index in [2.05, 4.69) is 4.98 Å². The molecule has 1 aliphatic rings. The molecule has 5 nitrogen and oxygen atoms in total. The van der Waals surface area contributed by atoms with E-state index in [9.17, 15) is 13.6 Å². The molecule has 0 atom stereocenters. The van der Waals surface area contributed by atoms with E-state index in [1.54, 1.807) is 17.2 Å². The Labute approximate surface area is 167 Å². The number of benzene rings is 1. The number of hydrogen-bond donors (Lipinski definition) is 0. The van der Waals surface area contributed by atoms with Gasteiger partial charge in [0.1, 0.15) is 22.3 Å². The minimum absolute atomic E-state index is 0.0140. The van der Waals surface area contributed by atoms with E-state index in [1.807, 2.05) is 6.92 Å². The van der Waals surface area contributed by atoms with Gasteiger partial charge in [-0.25, -0.2) is 13.8 Å². The molecule has 0 radical (unpaired) electrons. The number of halogens is 2. The Bertz CT molecular complexity index is 797. The predicted octanol–water partition coefficient (Wildman–Crippen LogP) is 4.66. The molecule has 0 saturated carbocycles. The zero-order valence-electron chi connectivity index (χ0n) is 16.0. The van der Waals surface area contributed by atoms with Gasteiger partial charge in [0.2, 0.25) is 5.88 Å². The molecule has 1 aliphatic heterocycles. The second kappa shape index (κ2) is 9.32. The highest BCUT2D eigenvalue weighted by Crippen LogP contribution is 2.34. The van der Waals surface area contributed by atoms with E-state index in [1.165, 1.54) is 23.5 Å². The van der Waals surface area contributed by atoms with Gasteiger partial charge in [0, 0.05) is 25.1 Å². The molecule has 0 aliphatic carbocycles. The standard InChI is InChI=1S/C20H24F2N2O3S/c1-3-26-17-12-28-20(23-17)14-10-15(21)19(16(22)11-14)24-7-5-13(6-8-24)9-18(25)27-4-2/h10-13H,3-9H2,1-2H3. The first-order chi connectivity index (χ1) is 13.5. The lowest BCUT2D eigenvalue weighted by atomic mass is 9.93. The van der Waals surface area contributed by atoms with Crippen molar-refractivity contribution in [3.05, 3.63) is 29.1 Å². The molecular weight excluding hydrogens is 386 g/mol. The monoisotopic (exact) mass is 410 g/mol. The summed E-state index contributed by atoms with van der Waals surface area (Å²) in [4.78, 5) is 17.6. The normalized spacial score (nSPS) is 14.9. The molecule has 28 heavy (non-hydrogen) atoms. The molecule has 0 unspecified atom stereocenters. The van der Waals surface area contributed by atoms with Crippen molar-refractivity contribution < 1.29 is 23.0 Å². The summed E-state index contributed by atoms with van der Waals surface area (Å²) in [7, 11) is 0. The second-order valence-corrected chi connectivity index (χ2v) is 7.51. The number of hydrogen-bond acceptors (Lipinski definition) is 6. The quantitative estimate of drug-likeness (QED) is 0.622. The minimum Gasteiger partial charge on any atom is -0.477 e. The third-order valence-electron chi connectivity index (χ3n) is 4.73. The third-order valence-corrected chi connectivity index (χ3v) is 5.60. The number of rotatable bonds is 7. The van der Waals surface area contributed by atoms with Crippen molar-refractivity contribution in [2.45, 2.75) is 33.1 Å². The van der Waals surface area contributed by atoms with Crippen LogP contribution in [0.4, 0.5) is 14.5 Å². The van der Waals surface area contributed by atoms with E-state index in [0.29, 0.717) is 62.0 Å². The zero-order chi connectivity index (χ0) is 20.1. The van der Waals surface area contributed by atoms with Crippen LogP contribution >= 0.6 is 11.3 Å². The molecule has 3 rings (SSSR count). The molecule has 1 saturated heterocycles. The maximum atomic E-state index is 14.7. The third kappa shape index (κ3) is 4.79. The molecule has 0 amide bonds. The molecule has 1 aromatic heterocycles. The fourth-order valence-electron chi connectivity index (χ4n) is 3.41. The van der Waals surface area contributed by atoms with Crippen LogP contribution in [0.3, 0.4) is 0 Å². The van der Waals surface area contributed by atoms with Crippen LogP contribution in [-0.2, 0) is 9.53 Å². The number of esters is 1. The number of ether oxygens (including phenoxy) is 2. The number of carbonyl (C=O) groups is 1. The van der Waals surface area contributed by atoms with Crippen molar-refractivity contribution in [3.63, 3.8) is 0 Å². The summed E-state index contributed by atoms with van der Waals surface area (Å²) >= 11 is 1.28. The number of piperidine rings is 1. The average Bonchev–Trinajstić information content (AvgIpc) is 3.12. The molecule has 2 aromatic rings. The SMILES string of the molecule is CCOC(=O)CC1CCN(c2c(F)cc(-c3nc(OCC)cs3)cc2F)CC1. The fraction of sp³-hybridized carbons (Fsp3) is 0.500. The smallest absolute Gasteiger partial charge is 0.306 e. The van der Waals surface area contributed by atoms with E-state index >= 15 is 0 Å². The highest BCUT2D eigenvalue weighted by atomic mass is 32.1. The van der Waals surface area contributed by atoms with Crippen molar-refractivity contribution in [2.75, 3.05) is 31.2 Å². The van der Waals surface area contributed by atoms with Crippen LogP contribution in [0.15, 0.2) is 17.5 Å². The Hall–Kier alpha value is -2.22. The summed E-state index contributed by atoms with van der Waals surface area (Å²) in [6, 6.07) is 2.63. The minimum atomic E-state index is -0.605. The Kier molecular flexibility index (Phi) is 6.83. The maximum Gasteiger partial charge on any atom is 0.306 e. The van der Waals surface area contributed by atoms with Crippen LogP contribution in [0.25, 0.3) is 10.6 Å². The van der Waals surface area contributed by atoms with Crippen molar-refractivity contribution in [3.8, 4) is 16.5 Å². The first-order valence-corrected chi connectivity index (χ1v) is 10.4. The van der Waals surface area contributed by atoms with Gasteiger partial charge < -0.3 is 14.4 Å². The van der Waals surface area contributed by atoms with Gasteiger partial charge in [-0.3, -0.25) is 4.79 Å². The van der Waals surface area contributed by atoms with E-state index in [-0.39, 0.29) is 17.6 Å². The summed E-state index contributed by atoms with van der Waals surface area (Å²) in [5.41, 5.74) is 0.381. The van der Waals surface area contributed by atoms with Gasteiger partial charge in [-0.05, 0) is 44.7 Å². The van der Waals surface area contributed by atoms with Gasteiger partial charge in [-0.1, -0.05) is 0 Å². The Morgan fingerprint density at radius 2 is 1.89 bits per heavy atom. The van der Waals surface area contributed by atoms with Gasteiger partial charge in [0.15, 0.2) is 0 Å². The van der Waals surface area contributed by atoms with Crippen LogP contribution in [0.2, 0.25) is 0 Å². The van der Waals surface area contributed by atoms with Gasteiger partial charge in [0.05, 0.1) is 18.6 Å². The number of thiazole rings is 1. The van der Waals surface area contributed by atoms with Crippen molar-refractivity contribution >= 4 is 23.0 Å². The van der Waals surface area contributed by atoms with Crippen molar-refractivity contribution in [1.29, 1.82) is 0 Å². The molecule has 1 fully saturated rings. The van der Waals surface area contributed by atoms with Gasteiger partial charge >= 0.3 is 5.97 Å². The predicted molar refractivity (Wildman–Crippen MR) is 105 cm³/mol. The number of carbonyl (C=O) groups excluding carboxylic acids is 1. The van der Waals surface area contributed by atoms with Crippen molar-refractivity contribution in [1.82, 2.24) is 4.98 Å².